The van der Waals surface area contributed by atoms with Gasteiger partial charge in [-0.2, -0.15) is 0 Å². The van der Waals surface area contributed by atoms with Crippen LogP contribution in [0.4, 0.5) is 0 Å². The zero-order valence-corrected chi connectivity index (χ0v) is 50.5. The van der Waals surface area contributed by atoms with Crippen molar-refractivity contribution in [3.63, 3.8) is 0 Å². The minimum atomic E-state index is -1.45. The maximum Gasteiger partial charge on any atom is 0.305 e. The van der Waals surface area contributed by atoms with E-state index in [1.807, 2.05) is 37.3 Å². The van der Waals surface area contributed by atoms with Crippen molar-refractivity contribution in [2.75, 3.05) is 13.6 Å². The predicted octanol–water partition coefficient (Wildman–Crippen LogP) is -0.559. The van der Waals surface area contributed by atoms with E-state index in [0.29, 0.717) is 29.8 Å². The van der Waals surface area contributed by atoms with Crippen molar-refractivity contribution in [2.45, 2.75) is 161 Å². The quantitative estimate of drug-likeness (QED) is 0.0153. The van der Waals surface area contributed by atoms with E-state index in [9.17, 15) is 58.2 Å². The molecular formula is C59H86N16O12. The molecule has 2 aromatic carbocycles. The zero-order valence-electron chi connectivity index (χ0n) is 50.5. The van der Waals surface area contributed by atoms with E-state index in [4.69, 9.17) is 11.5 Å². The average molecular weight is 1210 g/mol. The Morgan fingerprint density at radius 2 is 0.954 bits per heavy atom. The van der Waals surface area contributed by atoms with Gasteiger partial charge in [-0.3, -0.25) is 52.9 Å². The monoisotopic (exact) mass is 1210 g/mol. The van der Waals surface area contributed by atoms with Gasteiger partial charge in [0.15, 0.2) is 11.7 Å². The lowest BCUT2D eigenvalue weighted by atomic mass is 9.95. The first-order valence-corrected chi connectivity index (χ1v) is 29.0. The van der Waals surface area contributed by atoms with Gasteiger partial charge in [0, 0.05) is 49.6 Å². The number of Topliss-reactive ketones (excluding diaryl/α,β-unsaturated/α-hetero) is 1. The first-order valence-electron chi connectivity index (χ1n) is 29.0. The molecule has 28 heteroatoms. The number of aromatic hydroxyl groups is 1. The van der Waals surface area contributed by atoms with Gasteiger partial charge in [0.1, 0.15) is 48.0 Å². The Balaban J connectivity index is 1.64. The number of likely N-dealkylation sites (N-methyl/N-ethyl adjacent to an activating group) is 1. The van der Waals surface area contributed by atoms with E-state index < -0.39 is 132 Å². The molecule has 4 aromatic rings. The summed E-state index contributed by atoms with van der Waals surface area (Å²) in [6, 6.07) is 3.34. The van der Waals surface area contributed by atoms with E-state index in [1.54, 1.807) is 34.6 Å². The van der Waals surface area contributed by atoms with Gasteiger partial charge in [-0.05, 0) is 74.2 Å². The Morgan fingerprint density at radius 3 is 1.40 bits per heavy atom. The fourth-order valence-corrected chi connectivity index (χ4v) is 9.18. The second-order valence-electron chi connectivity index (χ2n) is 21.9. The largest absolute Gasteiger partial charge is 0.508 e. The number of nitrogens with one attached hydrogen (secondary N) is 11. The summed E-state index contributed by atoms with van der Waals surface area (Å²) in [5, 5.41) is 44.0. The van der Waals surface area contributed by atoms with Crippen LogP contribution in [0.2, 0.25) is 0 Å². The number of ketones is 1. The van der Waals surface area contributed by atoms with Crippen LogP contribution in [0.3, 0.4) is 0 Å². The molecule has 2 heterocycles. The lowest BCUT2D eigenvalue weighted by Gasteiger charge is -2.30. The Labute approximate surface area is 505 Å². The number of carboxylic acid groups (broad SMARTS) is 1. The van der Waals surface area contributed by atoms with Gasteiger partial charge in [0.2, 0.25) is 47.3 Å². The second-order valence-corrected chi connectivity index (χ2v) is 21.9. The topological polar surface area (TPSA) is 441 Å². The number of amides is 8. The number of benzene rings is 2. The number of carbonyl (C=O) groups excluding carboxylic acids is 9. The minimum absolute atomic E-state index is 0.0415. The van der Waals surface area contributed by atoms with E-state index in [-0.39, 0.29) is 62.6 Å². The van der Waals surface area contributed by atoms with Gasteiger partial charge in [0.25, 0.3) is 0 Å². The summed E-state index contributed by atoms with van der Waals surface area (Å²) < 4.78 is 0. The summed E-state index contributed by atoms with van der Waals surface area (Å²) in [6.45, 7) is 11.7. The predicted molar refractivity (Wildman–Crippen MR) is 321 cm³/mol. The lowest BCUT2D eigenvalue weighted by molar-refractivity contribution is -0.140. The summed E-state index contributed by atoms with van der Waals surface area (Å²) in [5.41, 5.74) is 13.1. The van der Waals surface area contributed by atoms with Gasteiger partial charge < -0.3 is 79.5 Å². The highest BCUT2D eigenvalue weighted by Crippen LogP contribution is 2.17. The number of rotatable bonds is 37. The van der Waals surface area contributed by atoms with Crippen LogP contribution in [-0.2, 0) is 73.6 Å². The van der Waals surface area contributed by atoms with Crippen LogP contribution in [0.25, 0.3) is 0 Å². The molecule has 11 atom stereocenters. The molecule has 0 radical (unpaired) electrons. The van der Waals surface area contributed by atoms with Crippen LogP contribution in [0.15, 0.2) is 84.6 Å². The third kappa shape index (κ3) is 23.3. The molecule has 0 fully saturated rings. The van der Waals surface area contributed by atoms with Gasteiger partial charge in [0.05, 0.1) is 31.2 Å². The molecule has 474 valence electrons. The number of H-pyrrole nitrogens is 2. The fraction of sp³-hybridized carbons (Fsp3) is 0.508. The summed E-state index contributed by atoms with van der Waals surface area (Å²) >= 11 is 0. The SMILES string of the molecule is CC[C@H](C)[C@H](NC(=O)[C@H](Cc1cnc[nH]1)NC(=O)[C@H](Cc1cnc[nH]1)NC(=O)[C@@H](NC(=O)[C@H](Cc1ccc(O)cc1)NC(=O)[C@@H](NC(=O)[C@H](CCCN=C(N)N)NC(=O)[C@H](CC(=O)O)NC)C(C)C)[C@@H](C)CC)C(=O)N[C@@H](Cc1ccccc1)C(C)=O. The molecule has 0 aliphatic heterocycles. The highest BCUT2D eigenvalue weighted by atomic mass is 16.4. The Bertz CT molecular complexity index is 2920. The Hall–Kier alpha value is -9.21. The van der Waals surface area contributed by atoms with Gasteiger partial charge >= 0.3 is 5.97 Å². The maximum absolute atomic E-state index is 14.8. The van der Waals surface area contributed by atoms with Crippen LogP contribution in [0, 0.1) is 17.8 Å². The van der Waals surface area contributed by atoms with Crippen LogP contribution in [0.1, 0.15) is 103 Å². The maximum atomic E-state index is 14.8. The van der Waals surface area contributed by atoms with Gasteiger partial charge in [-0.25, -0.2) is 9.97 Å². The number of guanidine groups is 1. The highest BCUT2D eigenvalue weighted by molar-refractivity contribution is 5.99. The number of nitrogens with zero attached hydrogens (tertiary/aromatic N) is 3. The first kappa shape index (κ1) is 70.3. The molecular weight excluding hydrogens is 1120 g/mol. The number of aliphatic carboxylic acids is 1. The highest BCUT2D eigenvalue weighted by Gasteiger charge is 2.38. The zero-order chi connectivity index (χ0) is 64.3. The van der Waals surface area contributed by atoms with Crippen LogP contribution in [-0.4, -0.2) is 163 Å². The Morgan fingerprint density at radius 1 is 0.540 bits per heavy atom. The number of nitrogens with two attached hydrogens (primary N) is 2. The summed E-state index contributed by atoms with van der Waals surface area (Å²) in [5.74, 6) is -9.92. The molecule has 0 bridgehead atoms. The van der Waals surface area contributed by atoms with Crippen molar-refractivity contribution in [1.82, 2.24) is 67.8 Å². The first-order chi connectivity index (χ1) is 41.3. The van der Waals surface area contributed by atoms with Crippen molar-refractivity contribution in [2.24, 2.45) is 34.2 Å². The van der Waals surface area contributed by atoms with E-state index in [0.717, 1.165) is 5.56 Å². The summed E-state index contributed by atoms with van der Waals surface area (Å²) in [4.78, 5) is 157. The number of aromatic nitrogens is 4. The van der Waals surface area contributed by atoms with Crippen molar-refractivity contribution >= 4 is 65.0 Å². The molecule has 0 saturated carbocycles. The van der Waals surface area contributed by atoms with E-state index >= 15 is 0 Å². The molecule has 2 aromatic heterocycles. The van der Waals surface area contributed by atoms with Crippen molar-refractivity contribution in [3.8, 4) is 5.75 Å². The number of hydrogen-bond acceptors (Lipinski definition) is 15. The number of hydrogen-bond donors (Lipinski definition) is 15. The number of phenolic OH excluding ortho intramolecular Hbond substituents is 1. The number of carboxylic acids is 1. The number of imidazole rings is 2. The summed E-state index contributed by atoms with van der Waals surface area (Å²) in [6.07, 6.45) is 5.61. The molecule has 8 amide bonds. The van der Waals surface area contributed by atoms with E-state index in [2.05, 4.69) is 72.8 Å². The normalized spacial score (nSPS) is 15.0. The molecule has 87 heavy (non-hydrogen) atoms. The second kappa shape index (κ2) is 35.3. The van der Waals surface area contributed by atoms with Crippen molar-refractivity contribution in [3.05, 3.63) is 102 Å². The molecule has 0 spiro atoms. The van der Waals surface area contributed by atoms with Crippen LogP contribution in [0.5, 0.6) is 5.75 Å². The van der Waals surface area contributed by atoms with Gasteiger partial charge in [-0.15, -0.1) is 0 Å². The fourth-order valence-electron chi connectivity index (χ4n) is 9.18. The number of phenols is 1. The van der Waals surface area contributed by atoms with Crippen LogP contribution >= 0.6 is 0 Å². The molecule has 17 N–H and O–H groups in total. The molecule has 0 aliphatic carbocycles. The van der Waals surface area contributed by atoms with Crippen LogP contribution < -0.4 is 59.3 Å². The number of aromatic amines is 2. The average Bonchev–Trinajstić information content (AvgIpc) is 2.55. The van der Waals surface area contributed by atoms with Crippen molar-refractivity contribution in [1.29, 1.82) is 0 Å². The number of aliphatic imine (C=N–C) groups is 1. The van der Waals surface area contributed by atoms with E-state index in [1.165, 1.54) is 63.3 Å². The third-order valence-electron chi connectivity index (χ3n) is 14.8. The number of carbonyl (C=O) groups is 10. The molecule has 0 aliphatic rings. The lowest BCUT2D eigenvalue weighted by Crippen LogP contribution is -2.62. The summed E-state index contributed by atoms with van der Waals surface area (Å²) in [7, 11) is 1.38. The Kier molecular flexibility index (Phi) is 28.5. The van der Waals surface area contributed by atoms with Gasteiger partial charge in [-0.1, -0.05) is 96.8 Å². The molecule has 4 rings (SSSR count). The standard InChI is InChI=1S/C59H86N16O12/c1-9-33(5)49(57(86)69-42(35(7)76)23-36-15-12-11-13-16-36)75-55(84)46(26-39-29-64-31-67-39)70-53(82)45(25-38-28-63-30-66-38)72-58(87)50(34(6)10-2)74-54(83)44(24-37-18-20-40(77)21-19-37)71-56(85)48(32(3)4)73-51(80)41(17-14-22-65-59(60)61)68-52(81)43(62-8)27-47(78)79/h11-13,15-16,18-21,28-34,41-46,48-50,62,77H,9-10,14,17,22-27H2,1-8H3,(H,63,66)(H,64,67)(H,68,81)(H,69,86)(H,70,82)(H,71,85)(H,72,87)(H,73,80)(H,74,83)(H,75,84)(H,78,79)(H4,60,61,65)/t33-,34-,41-,42-,43-,44-,45-,46-,48-,49-,50-/m0/s1. The molecule has 28 nitrogen and oxygen atoms in total. The van der Waals surface area contributed by atoms with Crippen molar-refractivity contribution < 1.29 is 58.2 Å². The molecule has 0 saturated heterocycles. The molecule has 0 unspecified atom stereocenters. The third-order valence-corrected chi connectivity index (χ3v) is 14.8. The smallest absolute Gasteiger partial charge is 0.305 e. The minimum Gasteiger partial charge on any atom is -0.508 e.